The molecule has 1 saturated heterocycles. The van der Waals surface area contributed by atoms with Crippen LogP contribution < -0.4 is 4.90 Å². The van der Waals surface area contributed by atoms with Gasteiger partial charge in [-0.25, -0.2) is 4.98 Å². The van der Waals surface area contributed by atoms with Crippen LogP contribution in [0.5, 0.6) is 0 Å². The third kappa shape index (κ3) is 2.86. The van der Waals surface area contributed by atoms with Crippen molar-refractivity contribution in [2.24, 2.45) is 0 Å². The van der Waals surface area contributed by atoms with Gasteiger partial charge >= 0.3 is 0 Å². The number of aromatic nitrogens is 1. The summed E-state index contributed by atoms with van der Waals surface area (Å²) in [6.07, 6.45) is 5.17. The molecule has 18 heavy (non-hydrogen) atoms. The summed E-state index contributed by atoms with van der Waals surface area (Å²) < 4.78 is 0. The van der Waals surface area contributed by atoms with Crippen molar-refractivity contribution in [1.82, 2.24) is 4.98 Å². The molecule has 0 aromatic carbocycles. The summed E-state index contributed by atoms with van der Waals surface area (Å²) in [6.45, 7) is 7.80. The number of thiazole rings is 1. The maximum atomic E-state index is 9.45. The summed E-state index contributed by atoms with van der Waals surface area (Å²) >= 11 is 1.67. The number of nitrogens with zero attached hydrogens (tertiary/aromatic N) is 2. The molecule has 0 saturated carbocycles. The van der Waals surface area contributed by atoms with Gasteiger partial charge < -0.3 is 10.0 Å². The first kappa shape index (κ1) is 13.8. The average molecular weight is 268 g/mol. The van der Waals surface area contributed by atoms with Gasteiger partial charge in [0.25, 0.3) is 0 Å². The Balaban J connectivity index is 2.26. The molecule has 102 valence electrons. The van der Waals surface area contributed by atoms with Gasteiger partial charge in [-0.15, -0.1) is 0 Å². The van der Waals surface area contributed by atoms with E-state index in [4.69, 9.17) is 4.98 Å². The maximum Gasteiger partial charge on any atom is 0.186 e. The molecule has 1 unspecified atom stereocenters. The Morgan fingerprint density at radius 2 is 2.17 bits per heavy atom. The molecule has 0 radical (unpaired) electrons. The molecule has 1 aliphatic rings. The molecule has 1 fully saturated rings. The molecule has 1 N–H and O–H groups in total. The molecule has 1 aliphatic heterocycles. The van der Waals surface area contributed by atoms with Gasteiger partial charge in [0.05, 0.1) is 17.2 Å². The summed E-state index contributed by atoms with van der Waals surface area (Å²) in [5, 5.41) is 10.6. The van der Waals surface area contributed by atoms with Crippen molar-refractivity contribution in [1.29, 1.82) is 0 Å². The first-order valence-electron chi connectivity index (χ1n) is 7.00. The van der Waals surface area contributed by atoms with Gasteiger partial charge in [-0.05, 0) is 25.7 Å². The minimum atomic E-state index is 0.118. The van der Waals surface area contributed by atoms with Crippen molar-refractivity contribution in [3.63, 3.8) is 0 Å². The van der Waals surface area contributed by atoms with Gasteiger partial charge in [-0.2, -0.15) is 0 Å². The molecular weight excluding hydrogens is 244 g/mol. The standard InChI is InChI=1S/C14H24N2OS/c1-10(2)13-12(9-17)18-14(15-13)16-8-6-4-5-7-11(16)3/h10-11,17H,4-9H2,1-3H3. The lowest BCUT2D eigenvalue weighted by atomic mass is 10.1. The van der Waals surface area contributed by atoms with Gasteiger partial charge in [0.2, 0.25) is 0 Å². The van der Waals surface area contributed by atoms with E-state index < -0.39 is 0 Å². The lowest BCUT2D eigenvalue weighted by molar-refractivity contribution is 0.283. The normalized spacial score (nSPS) is 21.4. The van der Waals surface area contributed by atoms with Crippen LogP contribution in [0, 0.1) is 0 Å². The molecule has 2 heterocycles. The van der Waals surface area contributed by atoms with E-state index >= 15 is 0 Å². The van der Waals surface area contributed by atoms with Gasteiger partial charge in [0.15, 0.2) is 5.13 Å². The quantitative estimate of drug-likeness (QED) is 0.911. The van der Waals surface area contributed by atoms with Gasteiger partial charge in [0.1, 0.15) is 0 Å². The van der Waals surface area contributed by atoms with Gasteiger partial charge in [-0.1, -0.05) is 38.0 Å². The van der Waals surface area contributed by atoms with Crippen LogP contribution in [0.4, 0.5) is 5.13 Å². The first-order chi connectivity index (χ1) is 8.63. The molecule has 4 heteroatoms. The summed E-state index contributed by atoms with van der Waals surface area (Å²) in [5.74, 6) is 0.388. The minimum Gasteiger partial charge on any atom is -0.391 e. The zero-order valence-corrected chi connectivity index (χ0v) is 12.5. The van der Waals surface area contributed by atoms with Crippen LogP contribution in [0.2, 0.25) is 0 Å². The summed E-state index contributed by atoms with van der Waals surface area (Å²) in [7, 11) is 0. The third-order valence-corrected chi connectivity index (χ3v) is 4.80. The van der Waals surface area contributed by atoms with E-state index in [-0.39, 0.29) is 6.61 Å². The van der Waals surface area contributed by atoms with Crippen molar-refractivity contribution in [2.75, 3.05) is 11.4 Å². The predicted octanol–water partition coefficient (Wildman–Crippen LogP) is 3.53. The SMILES string of the molecule is CC(C)c1nc(N2CCCCCC2C)sc1CO. The van der Waals surface area contributed by atoms with Crippen molar-refractivity contribution < 1.29 is 5.11 Å². The van der Waals surface area contributed by atoms with Crippen molar-refractivity contribution >= 4 is 16.5 Å². The molecule has 2 rings (SSSR count). The predicted molar refractivity (Wildman–Crippen MR) is 77.4 cm³/mol. The van der Waals surface area contributed by atoms with Crippen LogP contribution in [-0.2, 0) is 6.61 Å². The van der Waals surface area contributed by atoms with E-state index in [0.717, 1.165) is 22.2 Å². The van der Waals surface area contributed by atoms with Gasteiger partial charge in [0, 0.05) is 12.6 Å². The zero-order valence-electron chi connectivity index (χ0n) is 11.6. The Labute approximate surface area is 114 Å². The van der Waals surface area contributed by atoms with Crippen molar-refractivity contribution in [3.8, 4) is 0 Å². The monoisotopic (exact) mass is 268 g/mol. The number of anilines is 1. The second-order valence-electron chi connectivity index (χ2n) is 5.51. The minimum absolute atomic E-state index is 0.118. The highest BCUT2D eigenvalue weighted by Crippen LogP contribution is 2.33. The second-order valence-corrected chi connectivity index (χ2v) is 6.57. The van der Waals surface area contributed by atoms with Crippen LogP contribution in [0.25, 0.3) is 0 Å². The van der Waals surface area contributed by atoms with E-state index in [1.807, 2.05) is 0 Å². The highest BCUT2D eigenvalue weighted by atomic mass is 32.1. The average Bonchev–Trinajstić information content (AvgIpc) is 2.66. The number of aliphatic hydroxyl groups excluding tert-OH is 1. The lowest BCUT2D eigenvalue weighted by Crippen LogP contribution is -2.32. The molecule has 0 amide bonds. The zero-order chi connectivity index (χ0) is 13.1. The lowest BCUT2D eigenvalue weighted by Gasteiger charge is -2.26. The van der Waals surface area contributed by atoms with E-state index in [1.165, 1.54) is 25.7 Å². The topological polar surface area (TPSA) is 36.4 Å². The van der Waals surface area contributed by atoms with Crippen LogP contribution in [0.3, 0.4) is 0 Å². The Morgan fingerprint density at radius 1 is 1.39 bits per heavy atom. The van der Waals surface area contributed by atoms with Crippen molar-refractivity contribution in [3.05, 3.63) is 10.6 Å². The summed E-state index contributed by atoms with van der Waals surface area (Å²) in [5.41, 5.74) is 1.08. The fraction of sp³-hybridized carbons (Fsp3) is 0.786. The Morgan fingerprint density at radius 3 is 2.78 bits per heavy atom. The Bertz CT molecular complexity index is 389. The van der Waals surface area contributed by atoms with E-state index in [0.29, 0.717) is 12.0 Å². The first-order valence-corrected chi connectivity index (χ1v) is 7.82. The fourth-order valence-corrected chi connectivity index (χ4v) is 3.80. The van der Waals surface area contributed by atoms with E-state index in [1.54, 1.807) is 11.3 Å². The van der Waals surface area contributed by atoms with Crippen molar-refractivity contribution in [2.45, 2.75) is 65.0 Å². The number of hydrogen-bond acceptors (Lipinski definition) is 4. The number of rotatable bonds is 3. The number of aliphatic hydroxyl groups is 1. The van der Waals surface area contributed by atoms with Gasteiger partial charge in [-0.3, -0.25) is 0 Å². The molecule has 1 aromatic rings. The summed E-state index contributed by atoms with van der Waals surface area (Å²) in [4.78, 5) is 8.25. The molecule has 0 spiro atoms. The molecule has 1 atom stereocenters. The largest absolute Gasteiger partial charge is 0.391 e. The molecule has 1 aromatic heterocycles. The molecule has 0 bridgehead atoms. The molecular formula is C14H24N2OS. The third-order valence-electron chi connectivity index (χ3n) is 3.71. The smallest absolute Gasteiger partial charge is 0.186 e. The maximum absolute atomic E-state index is 9.45. The number of hydrogen-bond donors (Lipinski definition) is 1. The van der Waals surface area contributed by atoms with E-state index in [9.17, 15) is 5.11 Å². The molecule has 0 aliphatic carbocycles. The Kier molecular flexibility index (Phi) is 4.62. The second kappa shape index (κ2) is 6.02. The molecule has 3 nitrogen and oxygen atoms in total. The van der Waals surface area contributed by atoms with Crippen LogP contribution in [-0.4, -0.2) is 22.7 Å². The highest BCUT2D eigenvalue weighted by Gasteiger charge is 2.22. The fourth-order valence-electron chi connectivity index (χ4n) is 2.60. The highest BCUT2D eigenvalue weighted by molar-refractivity contribution is 7.15. The van der Waals surface area contributed by atoms with Crippen LogP contribution in [0.15, 0.2) is 0 Å². The van der Waals surface area contributed by atoms with Crippen LogP contribution >= 0.6 is 11.3 Å². The Hall–Kier alpha value is -0.610. The van der Waals surface area contributed by atoms with E-state index in [2.05, 4.69) is 25.7 Å². The van der Waals surface area contributed by atoms with Crippen LogP contribution in [0.1, 0.15) is 62.9 Å². The summed E-state index contributed by atoms with van der Waals surface area (Å²) in [6, 6.07) is 0.574.